The Morgan fingerprint density at radius 3 is 1.19 bits per heavy atom. The quantitative estimate of drug-likeness (QED) is 0.692. The van der Waals surface area contributed by atoms with E-state index < -0.39 is 0 Å². The van der Waals surface area contributed by atoms with Crippen LogP contribution in [-0.4, -0.2) is 66.1 Å². The van der Waals surface area contributed by atoms with Crippen molar-refractivity contribution >= 4 is 0 Å². The Bertz CT molecular complexity index is 181. The van der Waals surface area contributed by atoms with Gasteiger partial charge in [0, 0.05) is 42.0 Å². The van der Waals surface area contributed by atoms with Crippen LogP contribution in [0.25, 0.3) is 0 Å². The predicted octanol–water partition coefficient (Wildman–Crippen LogP) is 0.465. The van der Waals surface area contributed by atoms with Crippen LogP contribution in [0.1, 0.15) is 6.42 Å². The zero-order valence-corrected chi connectivity index (χ0v) is 10.6. The molecular weight excluding hydrogens is 212 g/mol. The Hall–Kier alpha value is -0.200. The maximum absolute atomic E-state index is 5.45. The molecule has 0 bridgehead atoms. The van der Waals surface area contributed by atoms with Crippen molar-refractivity contribution in [2.24, 2.45) is 0 Å². The molecule has 96 valence electrons. The van der Waals surface area contributed by atoms with Crippen LogP contribution >= 0.6 is 0 Å². The van der Waals surface area contributed by atoms with Gasteiger partial charge in [0.1, 0.15) is 18.3 Å². The van der Waals surface area contributed by atoms with Crippen LogP contribution in [0.15, 0.2) is 0 Å². The van der Waals surface area contributed by atoms with E-state index in [9.17, 15) is 0 Å². The molecule has 0 heterocycles. The minimum atomic E-state index is -0.182. The van der Waals surface area contributed by atoms with Crippen molar-refractivity contribution < 1.29 is 23.7 Å². The fourth-order valence-corrected chi connectivity index (χ4v) is 2.41. The standard InChI is InChI=1S/C11H22O5/c1-12-7-6-8(13-2)10(15-4)11(16-5)9(7)14-3/h7-11H,6H2,1-5H3/t7-,8?,9-,10-,11-/m1/s1. The zero-order chi connectivity index (χ0) is 12.1. The molecule has 5 nitrogen and oxygen atoms in total. The lowest BCUT2D eigenvalue weighted by molar-refractivity contribution is -0.213. The summed E-state index contributed by atoms with van der Waals surface area (Å²) < 4.78 is 27.1. The number of rotatable bonds is 5. The molecule has 0 radical (unpaired) electrons. The predicted molar refractivity (Wildman–Crippen MR) is 58.6 cm³/mol. The molecule has 16 heavy (non-hydrogen) atoms. The molecule has 0 spiro atoms. The maximum atomic E-state index is 5.45. The fourth-order valence-electron chi connectivity index (χ4n) is 2.41. The monoisotopic (exact) mass is 234 g/mol. The molecule has 0 amide bonds. The highest BCUT2D eigenvalue weighted by Gasteiger charge is 2.46. The van der Waals surface area contributed by atoms with E-state index in [0.717, 1.165) is 6.42 Å². The molecule has 1 rings (SSSR count). The molecule has 1 aliphatic carbocycles. The van der Waals surface area contributed by atoms with Crippen LogP contribution in [0.3, 0.4) is 0 Å². The largest absolute Gasteiger partial charge is 0.379 e. The smallest absolute Gasteiger partial charge is 0.114 e. The molecule has 0 aromatic rings. The highest BCUT2D eigenvalue weighted by Crippen LogP contribution is 2.29. The third-order valence-corrected chi connectivity index (χ3v) is 3.27. The first-order valence-corrected chi connectivity index (χ1v) is 5.37. The van der Waals surface area contributed by atoms with E-state index in [4.69, 9.17) is 23.7 Å². The summed E-state index contributed by atoms with van der Waals surface area (Å²) in [4.78, 5) is 0. The first kappa shape index (κ1) is 13.9. The Morgan fingerprint density at radius 2 is 0.938 bits per heavy atom. The Balaban J connectivity index is 2.85. The van der Waals surface area contributed by atoms with Crippen LogP contribution < -0.4 is 0 Å². The van der Waals surface area contributed by atoms with Crippen molar-refractivity contribution in [2.45, 2.75) is 36.9 Å². The van der Waals surface area contributed by atoms with Crippen LogP contribution in [0.5, 0.6) is 0 Å². The molecule has 0 N–H and O–H groups in total. The molecule has 1 aliphatic rings. The summed E-state index contributed by atoms with van der Waals surface area (Å²) in [5.41, 5.74) is 0. The Labute approximate surface area is 97.0 Å². The van der Waals surface area contributed by atoms with Gasteiger partial charge in [-0.25, -0.2) is 0 Å². The average Bonchev–Trinajstić information content (AvgIpc) is 2.35. The molecule has 0 saturated heterocycles. The topological polar surface area (TPSA) is 46.2 Å². The average molecular weight is 234 g/mol. The van der Waals surface area contributed by atoms with E-state index in [1.165, 1.54) is 0 Å². The normalized spacial score (nSPS) is 39.9. The van der Waals surface area contributed by atoms with Gasteiger partial charge in [0.15, 0.2) is 0 Å². The van der Waals surface area contributed by atoms with E-state index in [1.807, 2.05) is 0 Å². The first-order valence-electron chi connectivity index (χ1n) is 5.37. The Kier molecular flexibility index (Phi) is 5.64. The van der Waals surface area contributed by atoms with Crippen LogP contribution in [0.2, 0.25) is 0 Å². The molecule has 5 atom stereocenters. The summed E-state index contributed by atoms with van der Waals surface area (Å²) in [5.74, 6) is 0. The van der Waals surface area contributed by atoms with Gasteiger partial charge in [-0.05, 0) is 0 Å². The summed E-state index contributed by atoms with van der Waals surface area (Å²) in [5, 5.41) is 0. The van der Waals surface area contributed by atoms with E-state index in [2.05, 4.69) is 0 Å². The summed E-state index contributed by atoms with van der Waals surface area (Å²) in [6.45, 7) is 0. The lowest BCUT2D eigenvalue weighted by Crippen LogP contribution is -2.58. The minimum absolute atomic E-state index is 0.0358. The zero-order valence-electron chi connectivity index (χ0n) is 10.6. The molecule has 1 unspecified atom stereocenters. The van der Waals surface area contributed by atoms with E-state index in [-0.39, 0.29) is 30.5 Å². The van der Waals surface area contributed by atoms with Crippen molar-refractivity contribution in [1.82, 2.24) is 0 Å². The van der Waals surface area contributed by atoms with Crippen molar-refractivity contribution in [3.05, 3.63) is 0 Å². The number of methoxy groups -OCH3 is 5. The van der Waals surface area contributed by atoms with Gasteiger partial charge in [-0.1, -0.05) is 0 Å². The van der Waals surface area contributed by atoms with Crippen molar-refractivity contribution in [3.63, 3.8) is 0 Å². The molecule has 5 heteroatoms. The fraction of sp³-hybridized carbons (Fsp3) is 1.00. The van der Waals surface area contributed by atoms with E-state index in [1.54, 1.807) is 35.5 Å². The third kappa shape index (κ3) is 2.55. The maximum Gasteiger partial charge on any atom is 0.114 e. The van der Waals surface area contributed by atoms with E-state index in [0.29, 0.717) is 0 Å². The van der Waals surface area contributed by atoms with Gasteiger partial charge >= 0.3 is 0 Å². The highest BCUT2D eigenvalue weighted by molar-refractivity contribution is 4.96. The van der Waals surface area contributed by atoms with Gasteiger partial charge in [-0.3, -0.25) is 0 Å². The second-order valence-corrected chi connectivity index (χ2v) is 3.88. The van der Waals surface area contributed by atoms with E-state index >= 15 is 0 Å². The van der Waals surface area contributed by atoms with Crippen molar-refractivity contribution in [3.8, 4) is 0 Å². The van der Waals surface area contributed by atoms with Crippen molar-refractivity contribution in [1.29, 1.82) is 0 Å². The van der Waals surface area contributed by atoms with Gasteiger partial charge in [0.25, 0.3) is 0 Å². The summed E-state index contributed by atoms with van der Waals surface area (Å²) in [6, 6.07) is 0. The minimum Gasteiger partial charge on any atom is -0.379 e. The van der Waals surface area contributed by atoms with Gasteiger partial charge in [-0.15, -0.1) is 0 Å². The molecule has 0 aromatic heterocycles. The molecule has 0 aliphatic heterocycles. The van der Waals surface area contributed by atoms with Gasteiger partial charge in [0.2, 0.25) is 0 Å². The number of hydrogen-bond donors (Lipinski definition) is 0. The van der Waals surface area contributed by atoms with Crippen LogP contribution in [0.4, 0.5) is 0 Å². The van der Waals surface area contributed by atoms with Gasteiger partial charge in [-0.2, -0.15) is 0 Å². The van der Waals surface area contributed by atoms with Crippen LogP contribution in [0, 0.1) is 0 Å². The SMILES string of the molecule is COC1C[C@@H](OC)[C@@H](OC)[C@@H](OC)[C@@H]1OC. The third-order valence-electron chi connectivity index (χ3n) is 3.27. The molecule has 1 fully saturated rings. The summed E-state index contributed by atoms with van der Waals surface area (Å²) in [6.07, 6.45) is 0.220. The summed E-state index contributed by atoms with van der Waals surface area (Å²) >= 11 is 0. The lowest BCUT2D eigenvalue weighted by Gasteiger charge is -2.43. The Morgan fingerprint density at radius 1 is 0.562 bits per heavy atom. The molecule has 0 aromatic carbocycles. The molecular formula is C11H22O5. The first-order chi connectivity index (χ1) is 7.73. The van der Waals surface area contributed by atoms with Gasteiger partial charge in [0.05, 0.1) is 12.2 Å². The second-order valence-electron chi connectivity index (χ2n) is 3.88. The number of ether oxygens (including phenoxy) is 5. The van der Waals surface area contributed by atoms with Crippen LogP contribution in [-0.2, 0) is 23.7 Å². The van der Waals surface area contributed by atoms with Crippen molar-refractivity contribution in [2.75, 3.05) is 35.5 Å². The highest BCUT2D eigenvalue weighted by atomic mass is 16.6. The lowest BCUT2D eigenvalue weighted by atomic mass is 9.86. The summed E-state index contributed by atoms with van der Waals surface area (Å²) in [7, 11) is 8.30. The van der Waals surface area contributed by atoms with Gasteiger partial charge < -0.3 is 23.7 Å². The molecule has 1 saturated carbocycles. The second kappa shape index (κ2) is 6.51. The number of hydrogen-bond acceptors (Lipinski definition) is 5.